The Bertz CT molecular complexity index is 393. The van der Waals surface area contributed by atoms with Crippen molar-refractivity contribution in [3.8, 4) is 0 Å². The van der Waals surface area contributed by atoms with Gasteiger partial charge in [-0.1, -0.05) is 26.8 Å². The van der Waals surface area contributed by atoms with Crippen molar-refractivity contribution in [2.45, 2.75) is 20.3 Å². The first kappa shape index (κ1) is 29.9. The van der Waals surface area contributed by atoms with E-state index in [9.17, 15) is 4.79 Å². The minimum atomic E-state index is -0.451. The monoisotopic (exact) mass is 450 g/mol. The molecule has 184 valence electrons. The summed E-state index contributed by atoms with van der Waals surface area (Å²) in [6.45, 7) is 15.3. The molecular weight excluding hydrogens is 408 g/mol. The smallest absolute Gasteiger partial charge is 0.330 e. The van der Waals surface area contributed by atoms with Gasteiger partial charge in [0.05, 0.1) is 85.9 Å². The lowest BCUT2D eigenvalue weighted by molar-refractivity contribution is -0.139. The molecular formula is C22H42O9. The summed E-state index contributed by atoms with van der Waals surface area (Å²) in [7, 11) is 0. The Hall–Kier alpha value is -1.07. The highest BCUT2D eigenvalue weighted by Gasteiger charge is 1.98. The molecule has 0 aromatic rings. The molecule has 0 radical (unpaired) electrons. The minimum absolute atomic E-state index is 0.209. The van der Waals surface area contributed by atoms with Crippen LogP contribution in [0, 0.1) is 5.92 Å². The second-order valence-corrected chi connectivity index (χ2v) is 6.63. The number of ether oxygens (including phenoxy) is 8. The molecule has 0 rings (SSSR count). The Kier molecular flexibility index (Phi) is 24.3. The van der Waals surface area contributed by atoms with E-state index in [4.69, 9.17) is 37.9 Å². The van der Waals surface area contributed by atoms with Crippen LogP contribution in [0.15, 0.2) is 12.7 Å². The van der Waals surface area contributed by atoms with E-state index in [2.05, 4.69) is 20.4 Å². The lowest BCUT2D eigenvalue weighted by Gasteiger charge is -2.10. The molecule has 0 amide bonds. The van der Waals surface area contributed by atoms with Crippen molar-refractivity contribution in [2.75, 3.05) is 99.1 Å². The van der Waals surface area contributed by atoms with Gasteiger partial charge in [-0.05, 0) is 5.92 Å². The highest BCUT2D eigenvalue weighted by Crippen LogP contribution is 1.99. The first-order chi connectivity index (χ1) is 15.2. The van der Waals surface area contributed by atoms with Gasteiger partial charge in [0.15, 0.2) is 0 Å². The van der Waals surface area contributed by atoms with E-state index in [-0.39, 0.29) is 6.61 Å². The summed E-state index contributed by atoms with van der Waals surface area (Å²) >= 11 is 0. The van der Waals surface area contributed by atoms with Crippen molar-refractivity contribution in [3.05, 3.63) is 12.7 Å². The van der Waals surface area contributed by atoms with Gasteiger partial charge >= 0.3 is 5.97 Å². The lowest BCUT2D eigenvalue weighted by Crippen LogP contribution is -2.15. The van der Waals surface area contributed by atoms with Crippen LogP contribution in [0.1, 0.15) is 20.3 Å². The first-order valence-corrected chi connectivity index (χ1v) is 11.0. The van der Waals surface area contributed by atoms with Crippen molar-refractivity contribution in [3.63, 3.8) is 0 Å². The Morgan fingerprint density at radius 3 is 1.29 bits per heavy atom. The Morgan fingerprint density at radius 1 is 0.645 bits per heavy atom. The molecule has 9 heteroatoms. The average molecular weight is 451 g/mol. The van der Waals surface area contributed by atoms with Gasteiger partial charge in [0, 0.05) is 12.7 Å². The first-order valence-electron chi connectivity index (χ1n) is 11.0. The molecule has 9 nitrogen and oxygen atoms in total. The van der Waals surface area contributed by atoms with Gasteiger partial charge in [-0.3, -0.25) is 0 Å². The van der Waals surface area contributed by atoms with Crippen LogP contribution in [0.2, 0.25) is 0 Å². The van der Waals surface area contributed by atoms with E-state index in [0.717, 1.165) is 19.1 Å². The third-order valence-corrected chi connectivity index (χ3v) is 3.97. The average Bonchev–Trinajstić information content (AvgIpc) is 2.79. The van der Waals surface area contributed by atoms with E-state index in [1.54, 1.807) is 0 Å². The zero-order chi connectivity index (χ0) is 22.8. The van der Waals surface area contributed by atoms with Crippen LogP contribution >= 0.6 is 0 Å². The van der Waals surface area contributed by atoms with Gasteiger partial charge in [0.2, 0.25) is 0 Å². The second kappa shape index (κ2) is 25.2. The Labute approximate surface area is 187 Å². The second-order valence-electron chi connectivity index (χ2n) is 6.63. The molecule has 0 aliphatic carbocycles. The molecule has 0 aromatic carbocycles. The van der Waals surface area contributed by atoms with Gasteiger partial charge < -0.3 is 37.9 Å². The number of rotatable bonds is 25. The lowest BCUT2D eigenvalue weighted by atomic mass is 10.1. The summed E-state index contributed by atoms with van der Waals surface area (Å²) in [6.07, 6.45) is 2.25. The van der Waals surface area contributed by atoms with Crippen LogP contribution in [-0.4, -0.2) is 105 Å². The van der Waals surface area contributed by atoms with Crippen LogP contribution in [0.3, 0.4) is 0 Å². The maximum Gasteiger partial charge on any atom is 0.330 e. The summed E-state index contributed by atoms with van der Waals surface area (Å²) in [5, 5.41) is 0. The van der Waals surface area contributed by atoms with Crippen molar-refractivity contribution in [1.82, 2.24) is 0 Å². The molecule has 0 heterocycles. The van der Waals surface area contributed by atoms with E-state index in [1.165, 1.54) is 0 Å². The maximum absolute atomic E-state index is 10.8. The number of carbonyl (C=O) groups is 1. The van der Waals surface area contributed by atoms with Gasteiger partial charge in [-0.2, -0.15) is 0 Å². The van der Waals surface area contributed by atoms with Crippen molar-refractivity contribution in [2.24, 2.45) is 5.92 Å². The third kappa shape index (κ3) is 25.1. The topological polar surface area (TPSA) is 90.9 Å². The van der Waals surface area contributed by atoms with Crippen molar-refractivity contribution < 1.29 is 42.7 Å². The molecule has 0 aliphatic heterocycles. The van der Waals surface area contributed by atoms with E-state index >= 15 is 0 Å². The summed E-state index contributed by atoms with van der Waals surface area (Å²) in [6, 6.07) is 0. The normalized spacial score (nSPS) is 12.1. The predicted octanol–water partition coefficient (Wildman–Crippen LogP) is 1.88. The molecule has 31 heavy (non-hydrogen) atoms. The number of esters is 1. The molecule has 0 N–H and O–H groups in total. The molecule has 0 aliphatic rings. The van der Waals surface area contributed by atoms with Crippen LogP contribution in [-0.2, 0) is 42.7 Å². The van der Waals surface area contributed by atoms with Crippen LogP contribution in [0.4, 0.5) is 0 Å². The van der Waals surface area contributed by atoms with E-state index < -0.39 is 5.97 Å². The quantitative estimate of drug-likeness (QED) is 0.117. The third-order valence-electron chi connectivity index (χ3n) is 3.97. The molecule has 0 saturated heterocycles. The predicted molar refractivity (Wildman–Crippen MR) is 116 cm³/mol. The fourth-order valence-electron chi connectivity index (χ4n) is 1.98. The number of hydrogen-bond donors (Lipinski definition) is 0. The summed E-state index contributed by atoms with van der Waals surface area (Å²) in [5.41, 5.74) is 0. The molecule has 0 fully saturated rings. The van der Waals surface area contributed by atoms with Crippen molar-refractivity contribution in [1.29, 1.82) is 0 Å². The Balaban J connectivity index is 3.05. The van der Waals surface area contributed by atoms with E-state index in [0.29, 0.717) is 91.8 Å². The molecule has 0 aromatic heterocycles. The highest BCUT2D eigenvalue weighted by atomic mass is 16.6. The maximum atomic E-state index is 10.8. The van der Waals surface area contributed by atoms with Gasteiger partial charge in [-0.25, -0.2) is 4.79 Å². The number of carbonyl (C=O) groups excluding carboxylic acids is 1. The van der Waals surface area contributed by atoms with Gasteiger partial charge in [0.1, 0.15) is 6.61 Å². The van der Waals surface area contributed by atoms with E-state index in [1.807, 2.05) is 0 Å². The molecule has 1 unspecified atom stereocenters. The van der Waals surface area contributed by atoms with Crippen LogP contribution in [0.25, 0.3) is 0 Å². The largest absolute Gasteiger partial charge is 0.460 e. The zero-order valence-electron chi connectivity index (χ0n) is 19.3. The fraction of sp³-hybridized carbons (Fsp3) is 0.864. The summed E-state index contributed by atoms with van der Waals surface area (Å²) < 4.78 is 42.6. The number of hydrogen-bond acceptors (Lipinski definition) is 9. The standard InChI is InChI=1S/C22H42O9/c1-4-21(3)20-30-17-16-28-13-12-26-9-8-24-6-7-25-10-11-27-14-15-29-18-19-31-22(23)5-2/h5,21H,2,4,6-20H2,1,3H3. The van der Waals surface area contributed by atoms with Crippen LogP contribution in [0.5, 0.6) is 0 Å². The minimum Gasteiger partial charge on any atom is -0.460 e. The summed E-state index contributed by atoms with van der Waals surface area (Å²) in [4.78, 5) is 10.8. The zero-order valence-corrected chi connectivity index (χ0v) is 19.3. The fourth-order valence-corrected chi connectivity index (χ4v) is 1.98. The van der Waals surface area contributed by atoms with Gasteiger partial charge in [0.25, 0.3) is 0 Å². The van der Waals surface area contributed by atoms with Gasteiger partial charge in [-0.15, -0.1) is 0 Å². The van der Waals surface area contributed by atoms with Crippen LogP contribution < -0.4 is 0 Å². The Morgan fingerprint density at radius 2 is 0.968 bits per heavy atom. The molecule has 0 bridgehead atoms. The molecule has 1 atom stereocenters. The highest BCUT2D eigenvalue weighted by molar-refractivity contribution is 5.81. The molecule has 0 spiro atoms. The van der Waals surface area contributed by atoms with Crippen molar-refractivity contribution >= 4 is 5.97 Å². The SMILES string of the molecule is C=CC(=O)OCCOCCOCCOCCOCCOCCOCCOCC(C)CC. The summed E-state index contributed by atoms with van der Waals surface area (Å²) in [5.74, 6) is 0.147. The molecule has 0 saturated carbocycles.